The second-order valence-corrected chi connectivity index (χ2v) is 5.63. The van der Waals surface area contributed by atoms with Gasteiger partial charge in [0.15, 0.2) is 0 Å². The van der Waals surface area contributed by atoms with Gasteiger partial charge in [-0.1, -0.05) is 41.6 Å². The van der Waals surface area contributed by atoms with Crippen molar-refractivity contribution in [1.29, 1.82) is 0 Å². The second-order valence-electron chi connectivity index (χ2n) is 4.11. The fraction of sp³-hybridized carbons (Fsp3) is 0.143. The van der Waals surface area contributed by atoms with Crippen LogP contribution in [0.2, 0.25) is 5.02 Å². The zero-order chi connectivity index (χ0) is 14.5. The molecule has 2 aromatic carbocycles. The molecule has 0 unspecified atom stereocenters. The zero-order valence-electron chi connectivity index (χ0n) is 10.8. The molecule has 0 saturated heterocycles. The molecule has 0 spiro atoms. The van der Waals surface area contributed by atoms with E-state index in [4.69, 9.17) is 11.6 Å². The van der Waals surface area contributed by atoms with Gasteiger partial charge < -0.3 is 5.32 Å². The summed E-state index contributed by atoms with van der Waals surface area (Å²) in [6, 6.07) is 12.3. The molecule has 1 N–H and O–H groups in total. The van der Waals surface area contributed by atoms with Gasteiger partial charge in [-0.3, -0.25) is 10.1 Å². The fourth-order valence-corrected chi connectivity index (χ4v) is 3.02. The summed E-state index contributed by atoms with van der Waals surface area (Å²) in [4.78, 5) is 12.1. The smallest absolute Gasteiger partial charge is 0.283 e. The monoisotopic (exact) mass is 308 g/mol. The first-order chi connectivity index (χ1) is 9.61. The Balaban J connectivity index is 2.27. The molecule has 4 nitrogen and oxygen atoms in total. The number of para-hydroxylation sites is 1. The summed E-state index contributed by atoms with van der Waals surface area (Å²) in [5.41, 5.74) is 1.11. The number of rotatable bonds is 5. The van der Waals surface area contributed by atoms with Crippen molar-refractivity contribution in [3.63, 3.8) is 0 Å². The van der Waals surface area contributed by atoms with Crippen molar-refractivity contribution in [2.24, 2.45) is 0 Å². The predicted molar refractivity (Wildman–Crippen MR) is 81.4 cm³/mol. The van der Waals surface area contributed by atoms with E-state index >= 15 is 0 Å². The van der Waals surface area contributed by atoms with Crippen LogP contribution in [0.15, 0.2) is 52.3 Å². The molecule has 20 heavy (non-hydrogen) atoms. The molecule has 0 aliphatic heterocycles. The van der Waals surface area contributed by atoms with Gasteiger partial charge in [0.25, 0.3) is 5.69 Å². The summed E-state index contributed by atoms with van der Waals surface area (Å²) >= 11 is 7.53. The normalized spacial score (nSPS) is 10.5. The van der Waals surface area contributed by atoms with Gasteiger partial charge in [-0.2, -0.15) is 0 Å². The fourth-order valence-electron chi connectivity index (χ4n) is 1.75. The molecule has 104 valence electrons. The Kier molecular flexibility index (Phi) is 5.00. The van der Waals surface area contributed by atoms with Crippen molar-refractivity contribution in [3.05, 3.63) is 63.2 Å². The van der Waals surface area contributed by atoms with Crippen molar-refractivity contribution < 1.29 is 4.92 Å². The van der Waals surface area contributed by atoms with Crippen LogP contribution in [0.4, 0.5) is 5.69 Å². The van der Waals surface area contributed by atoms with Crippen molar-refractivity contribution >= 4 is 29.1 Å². The van der Waals surface area contributed by atoms with Crippen LogP contribution < -0.4 is 5.32 Å². The SMILES string of the molecule is CNCc1ccc(Sc2ccccc2[N+](=O)[O-])cc1Cl. The molecule has 0 aliphatic carbocycles. The number of hydrogen-bond acceptors (Lipinski definition) is 4. The Bertz CT molecular complexity index is 634. The summed E-state index contributed by atoms with van der Waals surface area (Å²) in [7, 11) is 1.85. The summed E-state index contributed by atoms with van der Waals surface area (Å²) in [6.07, 6.45) is 0. The summed E-state index contributed by atoms with van der Waals surface area (Å²) in [5, 5.41) is 14.7. The average molecular weight is 309 g/mol. The van der Waals surface area contributed by atoms with E-state index in [1.165, 1.54) is 17.8 Å². The van der Waals surface area contributed by atoms with Crippen LogP contribution in [0.25, 0.3) is 0 Å². The molecule has 0 amide bonds. The third-order valence-electron chi connectivity index (χ3n) is 2.68. The van der Waals surface area contributed by atoms with Crippen LogP contribution in [-0.4, -0.2) is 12.0 Å². The van der Waals surface area contributed by atoms with Crippen molar-refractivity contribution in [1.82, 2.24) is 5.32 Å². The Hall–Kier alpha value is -1.56. The standard InChI is InChI=1S/C14H13ClN2O2S/c1-16-9-10-6-7-11(8-12(10)15)20-14-5-3-2-4-13(14)17(18)19/h2-8,16H,9H2,1H3. The minimum Gasteiger partial charge on any atom is -0.316 e. The number of halogens is 1. The molecular weight excluding hydrogens is 296 g/mol. The largest absolute Gasteiger partial charge is 0.316 e. The van der Waals surface area contributed by atoms with E-state index in [1.807, 2.05) is 25.2 Å². The maximum absolute atomic E-state index is 11.0. The van der Waals surface area contributed by atoms with Gasteiger partial charge in [-0.15, -0.1) is 0 Å². The average Bonchev–Trinajstić information content (AvgIpc) is 2.42. The Morgan fingerprint density at radius 2 is 2.05 bits per heavy atom. The maximum Gasteiger partial charge on any atom is 0.283 e. The molecule has 0 bridgehead atoms. The highest BCUT2D eigenvalue weighted by Gasteiger charge is 2.13. The van der Waals surface area contributed by atoms with E-state index in [9.17, 15) is 10.1 Å². The second kappa shape index (κ2) is 6.74. The minimum absolute atomic E-state index is 0.105. The number of nitro groups is 1. The number of nitrogens with one attached hydrogen (secondary N) is 1. The molecule has 2 rings (SSSR count). The summed E-state index contributed by atoms with van der Waals surface area (Å²) in [6.45, 7) is 0.690. The highest BCUT2D eigenvalue weighted by Crippen LogP contribution is 2.36. The van der Waals surface area contributed by atoms with Crippen LogP contribution in [0.1, 0.15) is 5.56 Å². The Morgan fingerprint density at radius 1 is 1.30 bits per heavy atom. The van der Waals surface area contributed by atoms with Crippen LogP contribution >= 0.6 is 23.4 Å². The third-order valence-corrected chi connectivity index (χ3v) is 4.09. The van der Waals surface area contributed by atoms with Crippen LogP contribution in [-0.2, 0) is 6.54 Å². The molecular formula is C14H13ClN2O2S. The first-order valence-corrected chi connectivity index (χ1v) is 7.15. The van der Waals surface area contributed by atoms with Gasteiger partial charge in [-0.25, -0.2) is 0 Å². The lowest BCUT2D eigenvalue weighted by Gasteiger charge is -2.07. The van der Waals surface area contributed by atoms with Crippen LogP contribution in [0.3, 0.4) is 0 Å². The van der Waals surface area contributed by atoms with E-state index < -0.39 is 0 Å². The molecule has 0 radical (unpaired) electrons. The first kappa shape index (κ1) is 14.8. The molecule has 6 heteroatoms. The van der Waals surface area contributed by atoms with Gasteiger partial charge in [0, 0.05) is 22.5 Å². The zero-order valence-corrected chi connectivity index (χ0v) is 12.4. The predicted octanol–water partition coefficient (Wildman–Crippen LogP) is 4.12. The third kappa shape index (κ3) is 3.50. The lowest BCUT2D eigenvalue weighted by Crippen LogP contribution is -2.05. The number of hydrogen-bond donors (Lipinski definition) is 1. The van der Waals surface area contributed by atoms with Gasteiger partial charge in [0.1, 0.15) is 0 Å². The number of nitrogens with zero attached hydrogens (tertiary/aromatic N) is 1. The maximum atomic E-state index is 11.0. The van der Waals surface area contributed by atoms with Gasteiger partial charge >= 0.3 is 0 Å². The van der Waals surface area contributed by atoms with E-state index in [0.29, 0.717) is 16.5 Å². The molecule has 0 fully saturated rings. The quantitative estimate of drug-likeness (QED) is 0.667. The molecule has 0 aliphatic rings. The molecule has 0 heterocycles. The van der Waals surface area contributed by atoms with E-state index in [1.54, 1.807) is 18.2 Å². The molecule has 0 aromatic heterocycles. The molecule has 2 aromatic rings. The topological polar surface area (TPSA) is 55.2 Å². The van der Waals surface area contributed by atoms with Crippen LogP contribution in [0.5, 0.6) is 0 Å². The van der Waals surface area contributed by atoms with Crippen molar-refractivity contribution in [3.8, 4) is 0 Å². The first-order valence-electron chi connectivity index (χ1n) is 5.96. The highest BCUT2D eigenvalue weighted by atomic mass is 35.5. The molecule has 0 saturated carbocycles. The van der Waals surface area contributed by atoms with Crippen molar-refractivity contribution in [2.75, 3.05) is 7.05 Å². The van der Waals surface area contributed by atoms with Gasteiger partial charge in [0.2, 0.25) is 0 Å². The Labute approximate surface area is 126 Å². The van der Waals surface area contributed by atoms with Gasteiger partial charge in [-0.05, 0) is 30.8 Å². The van der Waals surface area contributed by atoms with E-state index in [-0.39, 0.29) is 10.6 Å². The highest BCUT2D eigenvalue weighted by molar-refractivity contribution is 7.99. The lowest BCUT2D eigenvalue weighted by atomic mass is 10.2. The number of benzene rings is 2. The molecule has 0 atom stereocenters. The van der Waals surface area contributed by atoms with Crippen LogP contribution in [0, 0.1) is 10.1 Å². The van der Waals surface area contributed by atoms with Gasteiger partial charge in [0.05, 0.1) is 9.82 Å². The minimum atomic E-state index is -0.376. The Morgan fingerprint density at radius 3 is 2.70 bits per heavy atom. The van der Waals surface area contributed by atoms with E-state index in [0.717, 1.165) is 10.5 Å². The summed E-state index contributed by atoms with van der Waals surface area (Å²) < 4.78 is 0. The number of nitro benzene ring substituents is 1. The summed E-state index contributed by atoms with van der Waals surface area (Å²) in [5.74, 6) is 0. The lowest BCUT2D eigenvalue weighted by molar-refractivity contribution is -0.387. The van der Waals surface area contributed by atoms with Crippen molar-refractivity contribution in [2.45, 2.75) is 16.3 Å². The van der Waals surface area contributed by atoms with E-state index in [2.05, 4.69) is 5.32 Å².